The molecule has 152 valence electrons. The van der Waals surface area contributed by atoms with Crippen LogP contribution in [0, 0.1) is 5.82 Å². The Labute approximate surface area is 167 Å². The van der Waals surface area contributed by atoms with Crippen molar-refractivity contribution < 1.29 is 22.4 Å². The third-order valence-corrected chi connectivity index (χ3v) is 4.38. The summed E-state index contributed by atoms with van der Waals surface area (Å²) in [5, 5.41) is 10.3. The van der Waals surface area contributed by atoms with E-state index in [1.807, 2.05) is 0 Å². The van der Waals surface area contributed by atoms with Crippen molar-refractivity contribution in [3.05, 3.63) is 70.4 Å². The number of hydrogen-bond acceptors (Lipinski definition) is 4. The van der Waals surface area contributed by atoms with Gasteiger partial charge in [-0.3, -0.25) is 4.79 Å². The Kier molecular flexibility index (Phi) is 5.31. The van der Waals surface area contributed by atoms with Crippen LogP contribution in [-0.2, 0) is 11.7 Å². The summed E-state index contributed by atoms with van der Waals surface area (Å²) in [6, 6.07) is 5.78. The Bertz CT molecular complexity index is 1050. The van der Waals surface area contributed by atoms with Crippen LogP contribution < -0.4 is 5.32 Å². The molecule has 0 saturated heterocycles. The van der Waals surface area contributed by atoms with Gasteiger partial charge in [0.15, 0.2) is 11.5 Å². The third-order valence-electron chi connectivity index (χ3n) is 4.07. The number of nitrogens with one attached hydrogen (secondary N) is 1. The number of pyridine rings is 1. The van der Waals surface area contributed by atoms with Crippen LogP contribution in [0.2, 0.25) is 5.02 Å². The van der Waals surface area contributed by atoms with Crippen molar-refractivity contribution in [2.24, 2.45) is 0 Å². The fraction of sp³-hybridized carbons (Fsp3) is 0.222. The molecule has 0 radical (unpaired) electrons. The van der Waals surface area contributed by atoms with Crippen LogP contribution in [-0.4, -0.2) is 25.9 Å². The van der Waals surface area contributed by atoms with E-state index in [4.69, 9.17) is 11.6 Å². The molecule has 0 aliphatic rings. The molecule has 1 N–H and O–H groups in total. The summed E-state index contributed by atoms with van der Waals surface area (Å²) < 4.78 is 52.2. The summed E-state index contributed by atoms with van der Waals surface area (Å²) in [6.45, 7) is 3.34. The fourth-order valence-corrected chi connectivity index (χ4v) is 2.98. The highest BCUT2D eigenvalue weighted by molar-refractivity contribution is 6.31. The average molecular weight is 428 g/mol. The number of nitrogens with zero attached hydrogens (tertiary/aromatic N) is 4. The monoisotopic (exact) mass is 427 g/mol. The number of hydrogen-bond donors (Lipinski definition) is 1. The molecule has 0 fully saturated rings. The van der Waals surface area contributed by atoms with E-state index in [1.54, 1.807) is 13.8 Å². The van der Waals surface area contributed by atoms with Crippen molar-refractivity contribution >= 4 is 17.5 Å². The van der Waals surface area contributed by atoms with Crippen LogP contribution in [0.5, 0.6) is 0 Å². The molecule has 2 heterocycles. The summed E-state index contributed by atoms with van der Waals surface area (Å²) in [7, 11) is 0. The zero-order valence-electron chi connectivity index (χ0n) is 15.1. The number of amides is 1. The van der Waals surface area contributed by atoms with E-state index >= 15 is 0 Å². The van der Waals surface area contributed by atoms with Crippen molar-refractivity contribution in [1.29, 1.82) is 0 Å². The Morgan fingerprint density at radius 3 is 2.48 bits per heavy atom. The lowest BCUT2D eigenvalue weighted by molar-refractivity contribution is -0.137. The number of alkyl halides is 3. The lowest BCUT2D eigenvalue weighted by Gasteiger charge is -2.27. The molecule has 3 rings (SSSR count). The molecule has 11 heteroatoms. The Morgan fingerprint density at radius 2 is 1.90 bits per heavy atom. The zero-order chi connectivity index (χ0) is 21.4. The molecule has 0 unspecified atom stereocenters. The average Bonchev–Trinajstić information content (AvgIpc) is 3.10. The maximum Gasteiger partial charge on any atom is 0.417 e. The van der Waals surface area contributed by atoms with Gasteiger partial charge in [-0.25, -0.2) is 14.1 Å². The molecule has 0 bridgehead atoms. The maximum atomic E-state index is 13.3. The summed E-state index contributed by atoms with van der Waals surface area (Å²) in [6.07, 6.45) is -2.62. The predicted molar refractivity (Wildman–Crippen MR) is 96.1 cm³/mol. The first-order chi connectivity index (χ1) is 13.5. The van der Waals surface area contributed by atoms with Crippen molar-refractivity contribution in [3.63, 3.8) is 0 Å². The summed E-state index contributed by atoms with van der Waals surface area (Å²) in [5.74, 6) is -1.05. The van der Waals surface area contributed by atoms with Gasteiger partial charge in [-0.05, 0) is 43.7 Å². The largest absolute Gasteiger partial charge is 0.417 e. The van der Waals surface area contributed by atoms with E-state index in [0.29, 0.717) is 11.8 Å². The van der Waals surface area contributed by atoms with E-state index in [9.17, 15) is 22.4 Å². The Morgan fingerprint density at radius 1 is 1.17 bits per heavy atom. The minimum atomic E-state index is -4.51. The number of benzene rings is 1. The lowest BCUT2D eigenvalue weighted by Crippen LogP contribution is -2.41. The summed E-state index contributed by atoms with van der Waals surface area (Å²) in [5.41, 5.74) is -1.46. The number of carbonyl (C=O) groups excluding carboxylic acids is 1. The molecule has 0 aliphatic heterocycles. The molecule has 0 saturated carbocycles. The molecular weight excluding hydrogens is 414 g/mol. The van der Waals surface area contributed by atoms with E-state index in [-0.39, 0.29) is 16.5 Å². The molecule has 1 amide bonds. The highest BCUT2D eigenvalue weighted by atomic mass is 35.5. The molecular formula is C18H14ClF4N5O. The first-order valence-electron chi connectivity index (χ1n) is 8.21. The highest BCUT2D eigenvalue weighted by Gasteiger charge is 2.31. The summed E-state index contributed by atoms with van der Waals surface area (Å²) >= 11 is 6.06. The summed E-state index contributed by atoms with van der Waals surface area (Å²) in [4.78, 5) is 16.2. The van der Waals surface area contributed by atoms with E-state index in [0.717, 1.165) is 22.9 Å². The third kappa shape index (κ3) is 4.53. The molecule has 29 heavy (non-hydrogen) atoms. The first-order valence-corrected chi connectivity index (χ1v) is 8.59. The quantitative estimate of drug-likeness (QED) is 0.635. The maximum absolute atomic E-state index is 13.3. The van der Waals surface area contributed by atoms with Gasteiger partial charge in [0.25, 0.3) is 5.91 Å². The van der Waals surface area contributed by atoms with Gasteiger partial charge in [0, 0.05) is 11.2 Å². The van der Waals surface area contributed by atoms with Crippen LogP contribution >= 0.6 is 11.6 Å². The molecule has 0 atom stereocenters. The number of halogens is 5. The topological polar surface area (TPSA) is 72.7 Å². The van der Waals surface area contributed by atoms with Crippen molar-refractivity contribution in [2.45, 2.75) is 25.6 Å². The van der Waals surface area contributed by atoms with Crippen LogP contribution in [0.4, 0.5) is 17.6 Å². The number of aromatic nitrogens is 4. The van der Waals surface area contributed by atoms with Gasteiger partial charge in [0.2, 0.25) is 0 Å². The second-order valence-electron chi connectivity index (χ2n) is 6.65. The number of carbonyl (C=O) groups is 1. The highest BCUT2D eigenvalue weighted by Crippen LogP contribution is 2.29. The molecule has 1 aromatic carbocycles. The number of rotatable bonds is 4. The van der Waals surface area contributed by atoms with Crippen molar-refractivity contribution in [2.75, 3.05) is 0 Å². The van der Waals surface area contributed by atoms with E-state index in [2.05, 4.69) is 20.6 Å². The van der Waals surface area contributed by atoms with Crippen LogP contribution in [0.3, 0.4) is 0 Å². The Hall–Kier alpha value is -3.01. The second-order valence-corrected chi connectivity index (χ2v) is 7.06. The minimum Gasteiger partial charge on any atom is -0.342 e. The van der Waals surface area contributed by atoms with E-state index < -0.39 is 29.0 Å². The van der Waals surface area contributed by atoms with Gasteiger partial charge in [-0.1, -0.05) is 22.9 Å². The van der Waals surface area contributed by atoms with Gasteiger partial charge >= 0.3 is 6.18 Å². The Balaban J connectivity index is 1.78. The normalized spacial score (nSPS) is 12.1. The SMILES string of the molecule is CC(C)(NC(=O)c1cn(-c2ccc(C(F)(F)F)cn2)nn1)c1ccc(F)cc1Cl. The van der Waals surface area contributed by atoms with Crippen LogP contribution in [0.25, 0.3) is 5.82 Å². The van der Waals surface area contributed by atoms with Gasteiger partial charge < -0.3 is 5.32 Å². The molecule has 0 aliphatic carbocycles. The van der Waals surface area contributed by atoms with Crippen molar-refractivity contribution in [3.8, 4) is 5.82 Å². The van der Waals surface area contributed by atoms with E-state index in [1.165, 1.54) is 18.3 Å². The van der Waals surface area contributed by atoms with Crippen molar-refractivity contribution in [1.82, 2.24) is 25.3 Å². The predicted octanol–water partition coefficient (Wildman–Crippen LogP) is 4.14. The second kappa shape index (κ2) is 7.43. The van der Waals surface area contributed by atoms with Gasteiger partial charge in [-0.2, -0.15) is 13.2 Å². The van der Waals surface area contributed by atoms with Gasteiger partial charge in [0.05, 0.1) is 17.3 Å². The van der Waals surface area contributed by atoms with Crippen LogP contribution in [0.1, 0.15) is 35.5 Å². The minimum absolute atomic E-state index is 0.0605. The standard InChI is InChI=1S/C18H14ClF4N5O/c1-17(2,12-5-4-11(20)7-13(12)19)25-16(29)14-9-28(27-26-14)15-6-3-10(8-24-15)18(21,22)23/h3-9H,1-2H3,(H,25,29). The molecule has 0 spiro atoms. The molecule has 6 nitrogen and oxygen atoms in total. The zero-order valence-corrected chi connectivity index (χ0v) is 15.9. The fourth-order valence-electron chi connectivity index (χ4n) is 2.58. The molecule has 3 aromatic rings. The van der Waals surface area contributed by atoms with Gasteiger partial charge in [-0.15, -0.1) is 5.10 Å². The lowest BCUT2D eigenvalue weighted by atomic mass is 9.94. The molecule has 2 aromatic heterocycles. The van der Waals surface area contributed by atoms with Crippen LogP contribution in [0.15, 0.2) is 42.7 Å². The van der Waals surface area contributed by atoms with Gasteiger partial charge in [0.1, 0.15) is 5.82 Å². The smallest absolute Gasteiger partial charge is 0.342 e. The first kappa shape index (κ1) is 20.7.